The van der Waals surface area contributed by atoms with Gasteiger partial charge >= 0.3 is 6.11 Å². The molecule has 0 aromatic heterocycles. The fraction of sp³-hybridized carbons (Fsp3) is 0.636. The summed E-state index contributed by atoms with van der Waals surface area (Å²) in [6, 6.07) is 6.07. The van der Waals surface area contributed by atoms with E-state index in [0.717, 1.165) is 36.2 Å². The first-order valence-electron chi connectivity index (χ1n) is 15.2. The third-order valence-corrected chi connectivity index (χ3v) is 9.93. The highest BCUT2D eigenvalue weighted by molar-refractivity contribution is 5.31. The lowest BCUT2D eigenvalue weighted by atomic mass is 9.68. The molecule has 0 N–H and O–H groups in total. The molecule has 8 heteroatoms. The predicted octanol–water partition coefficient (Wildman–Crippen LogP) is 10.2. The van der Waals surface area contributed by atoms with Gasteiger partial charge in [0.2, 0.25) is 0 Å². The number of alkyl halides is 2. The number of halogens is 6. The number of benzene rings is 2. The van der Waals surface area contributed by atoms with Crippen LogP contribution >= 0.6 is 0 Å². The van der Waals surface area contributed by atoms with E-state index in [2.05, 4.69) is 11.7 Å². The molecule has 3 aliphatic rings. The third kappa shape index (κ3) is 7.34. The van der Waals surface area contributed by atoms with Crippen molar-refractivity contribution in [3.63, 3.8) is 0 Å². The molecule has 0 bridgehead atoms. The first-order valence-corrected chi connectivity index (χ1v) is 15.2. The summed E-state index contributed by atoms with van der Waals surface area (Å²) in [6.07, 6.45) is 7.41. The van der Waals surface area contributed by atoms with Gasteiger partial charge in [0.1, 0.15) is 5.75 Å². The van der Waals surface area contributed by atoms with Crippen LogP contribution in [0.4, 0.5) is 26.3 Å². The van der Waals surface area contributed by atoms with E-state index in [1.165, 1.54) is 38.5 Å². The molecule has 0 heterocycles. The van der Waals surface area contributed by atoms with E-state index in [1.54, 1.807) is 12.1 Å². The van der Waals surface area contributed by atoms with Crippen LogP contribution < -0.4 is 9.47 Å². The van der Waals surface area contributed by atoms with Crippen molar-refractivity contribution in [2.24, 2.45) is 29.6 Å². The summed E-state index contributed by atoms with van der Waals surface area (Å²) in [5.41, 5.74) is 1.02. The summed E-state index contributed by atoms with van der Waals surface area (Å²) in [4.78, 5) is 0. The Bertz CT molecular complexity index is 1140. The lowest BCUT2D eigenvalue weighted by Crippen LogP contribution is -2.38. The topological polar surface area (TPSA) is 18.5 Å². The van der Waals surface area contributed by atoms with Gasteiger partial charge in [-0.3, -0.25) is 0 Å². The molecule has 226 valence electrons. The molecule has 3 saturated carbocycles. The second-order valence-electron chi connectivity index (χ2n) is 12.7. The van der Waals surface area contributed by atoms with Crippen LogP contribution in [0.5, 0.6) is 11.5 Å². The first-order chi connectivity index (χ1) is 19.6. The normalized spacial score (nSPS) is 29.2. The maximum absolute atomic E-state index is 15.0. The highest BCUT2D eigenvalue weighted by Gasteiger charge is 2.44. The molecule has 0 unspecified atom stereocenters. The molecule has 5 rings (SSSR count). The summed E-state index contributed by atoms with van der Waals surface area (Å²) in [6.45, 7) is 2.57. The van der Waals surface area contributed by atoms with Gasteiger partial charge in [0.25, 0.3) is 0 Å². The molecule has 0 aliphatic heterocycles. The van der Waals surface area contributed by atoms with Crippen LogP contribution in [0.2, 0.25) is 0 Å². The molecule has 0 amide bonds. The van der Waals surface area contributed by atoms with Crippen LogP contribution in [0, 0.1) is 52.9 Å². The van der Waals surface area contributed by atoms with Gasteiger partial charge in [-0.05, 0) is 111 Å². The van der Waals surface area contributed by atoms with E-state index in [1.807, 2.05) is 6.07 Å². The molecular weight excluding hydrogens is 542 g/mol. The van der Waals surface area contributed by atoms with E-state index in [9.17, 15) is 26.3 Å². The van der Waals surface area contributed by atoms with E-state index >= 15 is 0 Å². The smallest absolute Gasteiger partial charge is 0.400 e. The minimum Gasteiger partial charge on any atom is -0.490 e. The minimum atomic E-state index is -3.67. The molecule has 0 spiro atoms. The van der Waals surface area contributed by atoms with Crippen molar-refractivity contribution in [1.29, 1.82) is 0 Å². The monoisotopic (exact) mass is 582 g/mol. The standard InChI is InChI=1S/C33H40F6O2/c1-20-2-6-22(7-3-20)23-8-10-24(11-9-23)25-12-15-31(28(34)16-25)40-19-21-4-13-26(14-5-21)33(38,39)41-27-17-29(35)32(37)30(36)18-27/h12,15-18,20-24,26H,2-11,13-14,19H2,1H3. The molecule has 0 atom stereocenters. The average molecular weight is 583 g/mol. The molecule has 2 aromatic carbocycles. The summed E-state index contributed by atoms with van der Waals surface area (Å²) in [5.74, 6) is -4.18. The zero-order valence-corrected chi connectivity index (χ0v) is 23.6. The number of ether oxygens (including phenoxy) is 2. The maximum Gasteiger partial charge on any atom is 0.400 e. The Labute approximate surface area is 238 Å². The molecule has 0 saturated heterocycles. The lowest BCUT2D eigenvalue weighted by molar-refractivity contribution is -0.224. The van der Waals surface area contributed by atoms with Gasteiger partial charge in [-0.1, -0.05) is 25.8 Å². The Hall–Kier alpha value is -2.38. The zero-order chi connectivity index (χ0) is 29.1. The van der Waals surface area contributed by atoms with Crippen molar-refractivity contribution in [3.05, 3.63) is 59.2 Å². The van der Waals surface area contributed by atoms with Gasteiger partial charge in [0, 0.05) is 12.1 Å². The van der Waals surface area contributed by atoms with Gasteiger partial charge < -0.3 is 9.47 Å². The molecule has 2 nitrogen and oxygen atoms in total. The summed E-state index contributed by atoms with van der Waals surface area (Å²) < 4.78 is 94.5. The van der Waals surface area contributed by atoms with Crippen molar-refractivity contribution < 1.29 is 35.8 Å². The van der Waals surface area contributed by atoms with E-state index < -0.39 is 41.0 Å². The molecule has 3 aliphatic carbocycles. The Morgan fingerprint density at radius 2 is 1.29 bits per heavy atom. The quantitative estimate of drug-likeness (QED) is 0.228. The predicted molar refractivity (Wildman–Crippen MR) is 145 cm³/mol. The number of rotatable bonds is 8. The van der Waals surface area contributed by atoms with Crippen molar-refractivity contribution in [3.8, 4) is 11.5 Å². The highest BCUT2D eigenvalue weighted by Crippen LogP contribution is 2.45. The summed E-state index contributed by atoms with van der Waals surface area (Å²) in [7, 11) is 0. The van der Waals surface area contributed by atoms with Crippen molar-refractivity contribution in [2.45, 2.75) is 96.0 Å². The first kappa shape index (κ1) is 30.1. The molecule has 2 aromatic rings. The Balaban J connectivity index is 1.07. The molecule has 0 radical (unpaired) electrons. The van der Waals surface area contributed by atoms with Crippen LogP contribution in [0.25, 0.3) is 0 Å². The van der Waals surface area contributed by atoms with Crippen LogP contribution in [0.1, 0.15) is 95.5 Å². The second kappa shape index (κ2) is 12.9. The van der Waals surface area contributed by atoms with Crippen LogP contribution in [-0.4, -0.2) is 12.7 Å². The van der Waals surface area contributed by atoms with Crippen molar-refractivity contribution in [2.75, 3.05) is 6.61 Å². The molecular formula is C33H40F6O2. The van der Waals surface area contributed by atoms with Crippen LogP contribution in [0.3, 0.4) is 0 Å². The average Bonchev–Trinajstić information content (AvgIpc) is 2.96. The van der Waals surface area contributed by atoms with E-state index in [0.29, 0.717) is 30.9 Å². The van der Waals surface area contributed by atoms with Gasteiger partial charge in [-0.2, -0.15) is 8.78 Å². The lowest BCUT2D eigenvalue weighted by Gasteiger charge is -2.37. The van der Waals surface area contributed by atoms with Crippen LogP contribution in [0.15, 0.2) is 30.3 Å². The summed E-state index contributed by atoms with van der Waals surface area (Å²) in [5, 5.41) is 0. The SMILES string of the molecule is CC1CCC(C2CCC(c3ccc(OCC4CCC(C(F)(F)Oc5cc(F)c(F)c(F)c5)CC4)c(F)c3)CC2)CC1. The van der Waals surface area contributed by atoms with E-state index in [-0.39, 0.29) is 31.1 Å². The fourth-order valence-corrected chi connectivity index (χ4v) is 7.27. The van der Waals surface area contributed by atoms with Crippen molar-refractivity contribution >= 4 is 0 Å². The minimum absolute atomic E-state index is 0.0279. The zero-order valence-electron chi connectivity index (χ0n) is 23.6. The Morgan fingerprint density at radius 1 is 0.707 bits per heavy atom. The van der Waals surface area contributed by atoms with E-state index in [4.69, 9.17) is 4.74 Å². The number of hydrogen-bond acceptors (Lipinski definition) is 2. The number of hydrogen-bond donors (Lipinski definition) is 0. The fourth-order valence-electron chi connectivity index (χ4n) is 7.27. The summed E-state index contributed by atoms with van der Waals surface area (Å²) >= 11 is 0. The molecule has 41 heavy (non-hydrogen) atoms. The van der Waals surface area contributed by atoms with Gasteiger partial charge in [0.15, 0.2) is 29.0 Å². The molecule has 3 fully saturated rings. The Kier molecular flexibility index (Phi) is 9.44. The van der Waals surface area contributed by atoms with Crippen molar-refractivity contribution in [1.82, 2.24) is 0 Å². The van der Waals surface area contributed by atoms with Gasteiger partial charge in [-0.25, -0.2) is 17.6 Å². The van der Waals surface area contributed by atoms with Crippen LogP contribution in [-0.2, 0) is 0 Å². The Morgan fingerprint density at radius 3 is 1.88 bits per heavy atom. The highest BCUT2D eigenvalue weighted by atomic mass is 19.3. The van der Waals surface area contributed by atoms with Gasteiger partial charge in [0.05, 0.1) is 12.5 Å². The third-order valence-electron chi connectivity index (χ3n) is 9.93. The maximum atomic E-state index is 15.0. The second-order valence-corrected chi connectivity index (χ2v) is 12.7. The largest absolute Gasteiger partial charge is 0.490 e. The van der Waals surface area contributed by atoms with Gasteiger partial charge in [-0.15, -0.1) is 0 Å².